The van der Waals surface area contributed by atoms with Gasteiger partial charge in [-0.1, -0.05) is 33.3 Å². The van der Waals surface area contributed by atoms with Gasteiger partial charge in [-0.25, -0.2) is 0 Å². The van der Waals surface area contributed by atoms with E-state index in [1.54, 1.807) is 0 Å². The molecule has 8 heteroatoms. The van der Waals surface area contributed by atoms with Gasteiger partial charge in [0.05, 0.1) is 45.7 Å². The van der Waals surface area contributed by atoms with Gasteiger partial charge in [-0.15, -0.1) is 0 Å². The number of nitrogens with one attached hydrogen (secondary N) is 1. The van der Waals surface area contributed by atoms with Crippen molar-refractivity contribution in [1.82, 2.24) is 5.32 Å². The smallest absolute Gasteiger partial charge is 0.246 e. The van der Waals surface area contributed by atoms with Gasteiger partial charge in [0.1, 0.15) is 12.4 Å². The molecule has 3 aliphatic rings. The number of amides is 1. The van der Waals surface area contributed by atoms with Crippen LogP contribution in [0, 0.1) is 29.1 Å². The average molecular weight is 604 g/mol. The summed E-state index contributed by atoms with van der Waals surface area (Å²) in [5, 5.41) is 24.0. The van der Waals surface area contributed by atoms with Crippen molar-refractivity contribution in [3.05, 3.63) is 29.3 Å². The molecule has 0 spiro atoms. The number of phenolic OH excluding ortho intramolecular Hbond substituents is 1. The molecule has 0 heterocycles. The number of phenols is 1. The highest BCUT2D eigenvalue weighted by molar-refractivity contribution is 5.77. The minimum Gasteiger partial charge on any atom is -0.508 e. The van der Waals surface area contributed by atoms with Crippen LogP contribution in [0.15, 0.2) is 18.2 Å². The maximum Gasteiger partial charge on any atom is 0.246 e. The highest BCUT2D eigenvalue weighted by Gasteiger charge is 2.56. The molecule has 0 bridgehead atoms. The van der Waals surface area contributed by atoms with Crippen molar-refractivity contribution in [2.75, 3.05) is 52.9 Å². The fourth-order valence-electron chi connectivity index (χ4n) is 7.93. The molecular formula is C35H57NO7. The van der Waals surface area contributed by atoms with E-state index in [1.165, 1.54) is 17.5 Å². The van der Waals surface area contributed by atoms with Crippen molar-refractivity contribution < 1.29 is 34.0 Å². The number of rotatable bonds is 18. The van der Waals surface area contributed by atoms with Crippen LogP contribution in [0.2, 0.25) is 0 Å². The van der Waals surface area contributed by atoms with Crippen LogP contribution in [0.4, 0.5) is 0 Å². The van der Waals surface area contributed by atoms with E-state index in [0.29, 0.717) is 75.0 Å². The molecule has 0 saturated heterocycles. The molecule has 4 rings (SSSR count). The zero-order valence-corrected chi connectivity index (χ0v) is 27.0. The Kier molecular flexibility index (Phi) is 13.2. The molecule has 1 aromatic carbocycles. The maximum atomic E-state index is 11.8. The molecule has 3 N–H and O–H groups in total. The molecule has 1 amide bonds. The normalized spacial score (nSPS) is 28.7. The van der Waals surface area contributed by atoms with Crippen molar-refractivity contribution in [2.45, 2.75) is 97.1 Å². The topological polar surface area (TPSA) is 106 Å². The first-order valence-electron chi connectivity index (χ1n) is 16.8. The summed E-state index contributed by atoms with van der Waals surface area (Å²) in [5.74, 6) is 3.02. The average Bonchev–Trinajstić information content (AvgIpc) is 3.28. The number of aromatic hydroxyl groups is 1. The SMILES string of the molecule is CC(C)C(C)NC(=O)COCCOCCOCCOCCCCC1Cc2cc(O)ccc2C2CCC3(C)C(O)CCC3C12. The molecule has 8 nitrogen and oxygen atoms in total. The largest absolute Gasteiger partial charge is 0.508 e. The molecule has 43 heavy (non-hydrogen) atoms. The van der Waals surface area contributed by atoms with Gasteiger partial charge < -0.3 is 34.5 Å². The third kappa shape index (κ3) is 9.16. The summed E-state index contributed by atoms with van der Waals surface area (Å²) >= 11 is 0. The second kappa shape index (κ2) is 16.6. The van der Waals surface area contributed by atoms with Gasteiger partial charge in [0, 0.05) is 12.6 Å². The number of ether oxygens (including phenoxy) is 4. The first-order valence-corrected chi connectivity index (χ1v) is 16.8. The van der Waals surface area contributed by atoms with Gasteiger partial charge in [0.25, 0.3) is 0 Å². The van der Waals surface area contributed by atoms with Gasteiger partial charge in [0.15, 0.2) is 0 Å². The van der Waals surface area contributed by atoms with Crippen LogP contribution in [-0.4, -0.2) is 81.1 Å². The molecule has 244 valence electrons. The predicted octanol–water partition coefficient (Wildman–Crippen LogP) is 5.23. The van der Waals surface area contributed by atoms with E-state index in [1.807, 2.05) is 19.1 Å². The lowest BCUT2D eigenvalue weighted by Gasteiger charge is -2.53. The second-order valence-electron chi connectivity index (χ2n) is 13.8. The van der Waals surface area contributed by atoms with E-state index in [9.17, 15) is 15.0 Å². The lowest BCUT2D eigenvalue weighted by Crippen LogP contribution is -2.47. The quantitative estimate of drug-likeness (QED) is 0.197. The number of aliphatic hydroxyl groups excluding tert-OH is 1. The van der Waals surface area contributed by atoms with E-state index in [0.717, 1.165) is 51.6 Å². The summed E-state index contributed by atoms with van der Waals surface area (Å²) in [5.41, 5.74) is 2.83. The van der Waals surface area contributed by atoms with Crippen molar-refractivity contribution in [2.24, 2.45) is 29.1 Å². The minimum atomic E-state index is -0.167. The lowest BCUT2D eigenvalue weighted by molar-refractivity contribution is -0.127. The summed E-state index contributed by atoms with van der Waals surface area (Å²) in [4.78, 5) is 11.8. The maximum absolute atomic E-state index is 11.8. The van der Waals surface area contributed by atoms with Gasteiger partial charge in [0.2, 0.25) is 5.91 Å². The molecule has 7 atom stereocenters. The van der Waals surface area contributed by atoms with Crippen LogP contribution in [0.1, 0.15) is 89.7 Å². The minimum absolute atomic E-state index is 0.0542. The number of carbonyl (C=O) groups is 1. The lowest BCUT2D eigenvalue weighted by atomic mass is 9.52. The van der Waals surface area contributed by atoms with Gasteiger partial charge in [-0.2, -0.15) is 0 Å². The Bertz CT molecular complexity index is 1000. The molecule has 0 aromatic heterocycles. The number of benzene rings is 1. The highest BCUT2D eigenvalue weighted by atomic mass is 16.6. The Labute approximate surface area is 259 Å². The van der Waals surface area contributed by atoms with E-state index < -0.39 is 0 Å². The standard InChI is InChI=1S/C35H57NO7/c1-24(2)25(3)36-33(39)23-43-20-19-42-18-17-41-16-15-40-14-6-5-7-26-21-27-22-28(37)8-9-29(27)30-12-13-35(4)31(34(26)30)10-11-32(35)38/h8-9,22,24-26,30-32,34,37-38H,5-7,10-21,23H2,1-4H3,(H,36,39). The fraction of sp³-hybridized carbons (Fsp3) is 0.800. The summed E-state index contributed by atoms with van der Waals surface area (Å²) in [6.07, 6.45) is 8.51. The molecule has 2 fully saturated rings. The summed E-state index contributed by atoms with van der Waals surface area (Å²) in [7, 11) is 0. The molecule has 2 saturated carbocycles. The van der Waals surface area contributed by atoms with E-state index >= 15 is 0 Å². The van der Waals surface area contributed by atoms with Gasteiger partial charge in [-0.3, -0.25) is 4.79 Å². The van der Waals surface area contributed by atoms with Crippen molar-refractivity contribution in [3.8, 4) is 5.75 Å². The first kappa shape index (κ1) is 34.2. The number of fused-ring (bicyclic) bond motifs is 5. The highest BCUT2D eigenvalue weighted by Crippen LogP contribution is 2.62. The van der Waals surface area contributed by atoms with Crippen molar-refractivity contribution in [3.63, 3.8) is 0 Å². The monoisotopic (exact) mass is 603 g/mol. The first-order chi connectivity index (χ1) is 20.7. The van der Waals surface area contributed by atoms with Gasteiger partial charge >= 0.3 is 0 Å². The third-order valence-electron chi connectivity index (χ3n) is 10.7. The molecule has 7 unspecified atom stereocenters. The fourth-order valence-corrected chi connectivity index (χ4v) is 7.93. The summed E-state index contributed by atoms with van der Waals surface area (Å²) in [6.45, 7) is 12.2. The summed E-state index contributed by atoms with van der Waals surface area (Å²) < 4.78 is 22.3. The van der Waals surface area contributed by atoms with Crippen LogP contribution in [0.5, 0.6) is 5.75 Å². The van der Waals surface area contributed by atoms with Crippen LogP contribution < -0.4 is 5.32 Å². The third-order valence-corrected chi connectivity index (χ3v) is 10.7. The van der Waals surface area contributed by atoms with Crippen LogP contribution in [-0.2, 0) is 30.2 Å². The van der Waals surface area contributed by atoms with Crippen molar-refractivity contribution in [1.29, 1.82) is 0 Å². The van der Waals surface area contributed by atoms with Crippen LogP contribution in [0.25, 0.3) is 0 Å². The summed E-state index contributed by atoms with van der Waals surface area (Å²) in [6, 6.07) is 6.15. The number of carbonyl (C=O) groups excluding carboxylic acids is 1. The van der Waals surface area contributed by atoms with Crippen LogP contribution in [0.3, 0.4) is 0 Å². The number of hydrogen-bond donors (Lipinski definition) is 3. The zero-order valence-electron chi connectivity index (χ0n) is 27.0. The zero-order chi connectivity index (χ0) is 30.8. The Hall–Kier alpha value is -1.71. The molecule has 3 aliphatic carbocycles. The molecule has 1 aromatic rings. The van der Waals surface area contributed by atoms with E-state index in [2.05, 4.69) is 32.2 Å². The second-order valence-corrected chi connectivity index (χ2v) is 13.8. The Morgan fingerprint density at radius 3 is 2.33 bits per heavy atom. The Morgan fingerprint density at radius 1 is 0.953 bits per heavy atom. The molecular weight excluding hydrogens is 546 g/mol. The van der Waals surface area contributed by atoms with Crippen LogP contribution >= 0.6 is 0 Å². The van der Waals surface area contributed by atoms with Crippen molar-refractivity contribution >= 4 is 5.91 Å². The number of unbranched alkanes of at least 4 members (excludes halogenated alkanes) is 1. The van der Waals surface area contributed by atoms with E-state index in [4.69, 9.17) is 18.9 Å². The Morgan fingerprint density at radius 2 is 1.63 bits per heavy atom. The molecule has 0 radical (unpaired) electrons. The molecule has 0 aliphatic heterocycles. The van der Waals surface area contributed by atoms with E-state index in [-0.39, 0.29) is 30.1 Å². The Balaban J connectivity index is 1.05. The van der Waals surface area contributed by atoms with Gasteiger partial charge in [-0.05, 0) is 110 Å². The number of aliphatic hydroxyl groups is 1. The number of hydrogen-bond acceptors (Lipinski definition) is 7. The predicted molar refractivity (Wildman–Crippen MR) is 167 cm³/mol.